The van der Waals surface area contributed by atoms with Gasteiger partial charge in [-0.05, 0) is 31.9 Å². The predicted octanol–water partition coefficient (Wildman–Crippen LogP) is 3.96. The summed E-state index contributed by atoms with van der Waals surface area (Å²) in [7, 11) is 0. The third-order valence-corrected chi connectivity index (χ3v) is 4.77. The first-order valence-corrected chi connectivity index (χ1v) is 7.97. The molecular weight excluding hydrogens is 254 g/mol. The largest absolute Gasteiger partial charge is 0.397 e. The summed E-state index contributed by atoms with van der Waals surface area (Å²) in [5.41, 5.74) is 9.43. The van der Waals surface area contributed by atoms with Gasteiger partial charge in [0.15, 0.2) is 0 Å². The molecule has 0 unspecified atom stereocenters. The maximum absolute atomic E-state index is 6.25. The molecule has 0 atom stereocenters. The number of nitrogen functional groups attached to an aromatic ring is 1. The number of nitrogens with two attached hydrogens (primary N) is 1. The predicted molar refractivity (Wildman–Crippen MR) is 84.1 cm³/mol. The van der Waals surface area contributed by atoms with E-state index in [2.05, 4.69) is 28.9 Å². The highest BCUT2D eigenvalue weighted by Crippen LogP contribution is 2.32. The molecule has 1 aliphatic rings. The number of rotatable bonds is 1. The first-order chi connectivity index (χ1) is 9.24. The number of aromatic nitrogens is 1. The topological polar surface area (TPSA) is 42.2 Å². The summed E-state index contributed by atoms with van der Waals surface area (Å²) in [6.07, 6.45) is 6.61. The zero-order chi connectivity index (χ0) is 13.2. The third-order valence-electron chi connectivity index (χ3n) is 3.84. The molecule has 102 valence electrons. The van der Waals surface area contributed by atoms with Crippen LogP contribution in [-0.2, 0) is 0 Å². The van der Waals surface area contributed by atoms with E-state index in [1.807, 2.05) is 0 Å². The van der Waals surface area contributed by atoms with Crippen molar-refractivity contribution in [3.05, 3.63) is 17.1 Å². The monoisotopic (exact) mass is 275 g/mol. The maximum atomic E-state index is 6.25. The van der Waals surface area contributed by atoms with Crippen molar-refractivity contribution < 1.29 is 0 Å². The molecule has 4 heteroatoms. The summed E-state index contributed by atoms with van der Waals surface area (Å²) in [5.74, 6) is 0. The molecular formula is C15H21N3S. The highest BCUT2D eigenvalue weighted by atomic mass is 32.1. The van der Waals surface area contributed by atoms with E-state index >= 15 is 0 Å². The molecule has 0 bridgehead atoms. The zero-order valence-corrected chi connectivity index (χ0v) is 12.3. The molecule has 0 spiro atoms. The van der Waals surface area contributed by atoms with Crippen LogP contribution in [0.5, 0.6) is 0 Å². The van der Waals surface area contributed by atoms with E-state index in [0.717, 1.165) is 29.3 Å². The van der Waals surface area contributed by atoms with Crippen LogP contribution in [0.2, 0.25) is 0 Å². The Morgan fingerprint density at radius 3 is 2.53 bits per heavy atom. The molecule has 0 amide bonds. The number of thiazole rings is 1. The van der Waals surface area contributed by atoms with Crippen LogP contribution >= 0.6 is 11.3 Å². The van der Waals surface area contributed by atoms with E-state index in [9.17, 15) is 0 Å². The van der Waals surface area contributed by atoms with Crippen LogP contribution in [0, 0.1) is 6.92 Å². The smallest absolute Gasteiger partial charge is 0.0907 e. The van der Waals surface area contributed by atoms with E-state index in [1.54, 1.807) is 11.3 Å². The van der Waals surface area contributed by atoms with E-state index in [-0.39, 0.29) is 0 Å². The quantitative estimate of drug-likeness (QED) is 0.801. The van der Waals surface area contributed by atoms with Crippen LogP contribution in [0.15, 0.2) is 12.1 Å². The second-order valence-electron chi connectivity index (χ2n) is 5.37. The molecule has 19 heavy (non-hydrogen) atoms. The zero-order valence-electron chi connectivity index (χ0n) is 11.5. The number of hydrogen-bond donors (Lipinski definition) is 1. The van der Waals surface area contributed by atoms with Gasteiger partial charge in [-0.1, -0.05) is 19.3 Å². The Balaban J connectivity index is 1.95. The van der Waals surface area contributed by atoms with Gasteiger partial charge in [-0.3, -0.25) is 0 Å². The van der Waals surface area contributed by atoms with Crippen molar-refractivity contribution in [3.8, 4) is 0 Å². The van der Waals surface area contributed by atoms with Crippen LogP contribution in [0.25, 0.3) is 10.2 Å². The van der Waals surface area contributed by atoms with Gasteiger partial charge in [0.05, 0.1) is 26.6 Å². The van der Waals surface area contributed by atoms with Gasteiger partial charge in [0.25, 0.3) is 0 Å². The number of hydrogen-bond acceptors (Lipinski definition) is 4. The number of nitrogens with zero attached hydrogens (tertiary/aromatic N) is 2. The Morgan fingerprint density at radius 2 is 1.79 bits per heavy atom. The van der Waals surface area contributed by atoms with Crippen LogP contribution in [-0.4, -0.2) is 18.1 Å². The Morgan fingerprint density at radius 1 is 1.11 bits per heavy atom. The first-order valence-electron chi connectivity index (χ1n) is 7.15. The van der Waals surface area contributed by atoms with Gasteiger partial charge in [0.2, 0.25) is 0 Å². The lowest BCUT2D eigenvalue weighted by Crippen LogP contribution is -2.27. The molecule has 3 rings (SSSR count). The molecule has 2 N–H and O–H groups in total. The van der Waals surface area contributed by atoms with Crippen molar-refractivity contribution in [3.63, 3.8) is 0 Å². The van der Waals surface area contributed by atoms with Crippen molar-refractivity contribution in [2.75, 3.05) is 23.7 Å². The molecule has 1 fully saturated rings. The van der Waals surface area contributed by atoms with Gasteiger partial charge in [0.1, 0.15) is 0 Å². The summed E-state index contributed by atoms with van der Waals surface area (Å²) < 4.78 is 1.20. The highest BCUT2D eigenvalue weighted by Gasteiger charge is 2.14. The second-order valence-corrected chi connectivity index (χ2v) is 6.60. The molecule has 2 heterocycles. The average Bonchev–Trinajstić information content (AvgIpc) is 2.67. The number of anilines is 2. The number of aryl methyl sites for hydroxylation is 1. The molecule has 0 saturated carbocycles. The molecule has 3 nitrogen and oxygen atoms in total. The van der Waals surface area contributed by atoms with Crippen molar-refractivity contribution in [2.45, 2.75) is 39.0 Å². The van der Waals surface area contributed by atoms with Crippen molar-refractivity contribution in [1.29, 1.82) is 0 Å². The van der Waals surface area contributed by atoms with Crippen molar-refractivity contribution >= 4 is 32.9 Å². The Labute approximate surface area is 118 Å². The van der Waals surface area contributed by atoms with E-state index in [0.29, 0.717) is 0 Å². The second kappa shape index (κ2) is 5.37. The molecule has 2 aromatic rings. The fourth-order valence-corrected chi connectivity index (χ4v) is 3.71. The molecule has 1 aromatic heterocycles. The van der Waals surface area contributed by atoms with Gasteiger partial charge in [-0.2, -0.15) is 0 Å². The molecule has 1 aliphatic heterocycles. The average molecular weight is 275 g/mol. The van der Waals surface area contributed by atoms with E-state index in [4.69, 9.17) is 5.73 Å². The summed E-state index contributed by atoms with van der Waals surface area (Å²) >= 11 is 1.72. The standard InChI is InChI=1S/C15H21N3S/c1-11-17-13-10-14(12(16)9-15(13)19-11)18-7-5-3-2-4-6-8-18/h9-10H,2-8,16H2,1H3. The minimum absolute atomic E-state index is 0.900. The summed E-state index contributed by atoms with van der Waals surface area (Å²) in [6, 6.07) is 4.27. The number of benzene rings is 1. The molecule has 0 aliphatic carbocycles. The fourth-order valence-electron chi connectivity index (χ4n) is 2.86. The van der Waals surface area contributed by atoms with Crippen molar-refractivity contribution in [2.24, 2.45) is 0 Å². The normalized spacial score (nSPS) is 17.4. The van der Waals surface area contributed by atoms with Crippen molar-refractivity contribution in [1.82, 2.24) is 4.98 Å². The summed E-state index contributed by atoms with van der Waals surface area (Å²) in [5, 5.41) is 1.11. The summed E-state index contributed by atoms with van der Waals surface area (Å²) in [6.45, 7) is 4.30. The van der Waals surface area contributed by atoms with Crippen LogP contribution in [0.4, 0.5) is 11.4 Å². The van der Waals surface area contributed by atoms with E-state index < -0.39 is 0 Å². The summed E-state index contributed by atoms with van der Waals surface area (Å²) in [4.78, 5) is 7.04. The Bertz CT molecular complexity index is 568. The third kappa shape index (κ3) is 2.68. The Hall–Kier alpha value is -1.29. The van der Waals surface area contributed by atoms with Gasteiger partial charge >= 0.3 is 0 Å². The molecule has 1 aromatic carbocycles. The van der Waals surface area contributed by atoms with Gasteiger partial charge in [0, 0.05) is 13.1 Å². The SMILES string of the molecule is Cc1nc2cc(N3CCCCCCC3)c(N)cc2s1. The van der Waals surface area contributed by atoms with Gasteiger partial charge in [-0.25, -0.2) is 4.98 Å². The lowest BCUT2D eigenvalue weighted by molar-refractivity contribution is 0.557. The lowest BCUT2D eigenvalue weighted by atomic mass is 10.1. The van der Waals surface area contributed by atoms with Crippen LogP contribution < -0.4 is 10.6 Å². The maximum Gasteiger partial charge on any atom is 0.0907 e. The van der Waals surface area contributed by atoms with E-state index in [1.165, 1.54) is 42.5 Å². The highest BCUT2D eigenvalue weighted by molar-refractivity contribution is 7.18. The minimum atomic E-state index is 0.900. The fraction of sp³-hybridized carbons (Fsp3) is 0.533. The minimum Gasteiger partial charge on any atom is -0.397 e. The van der Waals surface area contributed by atoms with Gasteiger partial charge in [-0.15, -0.1) is 11.3 Å². The molecule has 1 saturated heterocycles. The van der Waals surface area contributed by atoms with Crippen LogP contribution in [0.1, 0.15) is 37.1 Å². The Kier molecular flexibility index (Phi) is 3.60. The van der Waals surface area contributed by atoms with Gasteiger partial charge < -0.3 is 10.6 Å². The molecule has 0 radical (unpaired) electrons. The lowest BCUT2D eigenvalue weighted by Gasteiger charge is -2.28. The number of fused-ring (bicyclic) bond motifs is 1. The van der Waals surface area contributed by atoms with Crippen LogP contribution in [0.3, 0.4) is 0 Å². The first kappa shape index (κ1) is 12.7.